The lowest BCUT2D eigenvalue weighted by Crippen LogP contribution is -1.88. The van der Waals surface area contributed by atoms with E-state index in [1.165, 1.54) is 51.2 Å². The zero-order chi connectivity index (χ0) is 8.36. The Morgan fingerprint density at radius 1 is 0.727 bits per heavy atom. The van der Waals surface area contributed by atoms with Gasteiger partial charge in [-0.3, -0.25) is 0 Å². The summed E-state index contributed by atoms with van der Waals surface area (Å²) in [6.45, 7) is 4.52. The standard InChI is InChI=1S/C10H22B/c1-3-5-7-8-10-11-9-6-4-2/h3-10H2,1-2H3. The molecule has 0 amide bonds. The molecule has 0 N–H and O–H groups in total. The first-order valence-corrected chi connectivity index (χ1v) is 5.23. The highest BCUT2D eigenvalue weighted by molar-refractivity contribution is 6.35. The Balaban J connectivity index is 2.69. The van der Waals surface area contributed by atoms with Crippen LogP contribution in [0.25, 0.3) is 0 Å². The van der Waals surface area contributed by atoms with Crippen molar-refractivity contribution in [3.63, 3.8) is 0 Å². The van der Waals surface area contributed by atoms with Crippen molar-refractivity contribution in [1.82, 2.24) is 0 Å². The number of hydrogen-bond donors (Lipinski definition) is 0. The molecule has 0 rings (SSSR count). The molecule has 0 bridgehead atoms. The third kappa shape index (κ3) is 10.1. The fraction of sp³-hybridized carbons (Fsp3) is 1.00. The summed E-state index contributed by atoms with van der Waals surface area (Å²) in [5.74, 6) is 0. The SMILES string of the molecule is CCCC[B]CCCCCC. The molecular weight excluding hydrogens is 131 g/mol. The number of rotatable bonds is 8. The van der Waals surface area contributed by atoms with Crippen LogP contribution in [0.3, 0.4) is 0 Å². The van der Waals surface area contributed by atoms with Gasteiger partial charge in [0.1, 0.15) is 7.28 Å². The van der Waals surface area contributed by atoms with Gasteiger partial charge in [0.15, 0.2) is 0 Å². The summed E-state index contributed by atoms with van der Waals surface area (Å²) < 4.78 is 0. The second kappa shape index (κ2) is 10.1. The average molecular weight is 153 g/mol. The number of hydrogen-bond acceptors (Lipinski definition) is 0. The summed E-state index contributed by atoms with van der Waals surface area (Å²) in [6.07, 6.45) is 11.0. The molecule has 1 heteroatoms. The van der Waals surface area contributed by atoms with Gasteiger partial charge in [0.25, 0.3) is 0 Å². The molecule has 0 aliphatic heterocycles. The molecule has 0 aromatic heterocycles. The number of unbranched alkanes of at least 4 members (excludes halogenated alkanes) is 4. The van der Waals surface area contributed by atoms with Gasteiger partial charge < -0.3 is 0 Å². The molecule has 0 aliphatic carbocycles. The first-order valence-electron chi connectivity index (χ1n) is 5.23. The fourth-order valence-corrected chi connectivity index (χ4v) is 1.21. The highest BCUT2D eigenvalue weighted by Crippen LogP contribution is 2.04. The minimum Gasteiger partial charge on any atom is -0.0803 e. The molecular formula is C10H22B. The maximum Gasteiger partial charge on any atom is 0.109 e. The molecule has 0 aromatic rings. The zero-order valence-electron chi connectivity index (χ0n) is 8.23. The second-order valence-corrected chi connectivity index (χ2v) is 3.28. The van der Waals surface area contributed by atoms with E-state index in [1.54, 1.807) is 0 Å². The van der Waals surface area contributed by atoms with E-state index in [1.807, 2.05) is 0 Å². The summed E-state index contributed by atoms with van der Waals surface area (Å²) >= 11 is 0. The van der Waals surface area contributed by atoms with Crippen molar-refractivity contribution in [3.8, 4) is 0 Å². The van der Waals surface area contributed by atoms with Crippen LogP contribution in [0.4, 0.5) is 0 Å². The molecule has 0 spiro atoms. The second-order valence-electron chi connectivity index (χ2n) is 3.28. The first kappa shape index (κ1) is 11.1. The Morgan fingerprint density at radius 2 is 1.36 bits per heavy atom. The van der Waals surface area contributed by atoms with Gasteiger partial charge in [-0.25, -0.2) is 0 Å². The average Bonchev–Trinajstić information content (AvgIpc) is 2.03. The van der Waals surface area contributed by atoms with Gasteiger partial charge in [-0.05, 0) is 0 Å². The molecule has 65 valence electrons. The highest BCUT2D eigenvalue weighted by atomic mass is 13.9. The largest absolute Gasteiger partial charge is 0.109 e. The lowest BCUT2D eigenvalue weighted by Gasteiger charge is -1.97. The van der Waals surface area contributed by atoms with E-state index >= 15 is 0 Å². The van der Waals surface area contributed by atoms with Crippen LogP contribution in [-0.4, -0.2) is 7.28 Å². The maximum atomic E-state index is 2.46. The minimum absolute atomic E-state index is 1.34. The van der Waals surface area contributed by atoms with E-state index < -0.39 is 0 Å². The van der Waals surface area contributed by atoms with Crippen LogP contribution in [0.1, 0.15) is 52.4 Å². The maximum absolute atomic E-state index is 2.46. The molecule has 0 fully saturated rings. The van der Waals surface area contributed by atoms with E-state index in [0.717, 1.165) is 0 Å². The van der Waals surface area contributed by atoms with E-state index in [0.29, 0.717) is 0 Å². The summed E-state index contributed by atoms with van der Waals surface area (Å²) in [6, 6.07) is 0. The van der Waals surface area contributed by atoms with Crippen LogP contribution in [0, 0.1) is 0 Å². The van der Waals surface area contributed by atoms with Gasteiger partial charge in [-0.2, -0.15) is 0 Å². The van der Waals surface area contributed by atoms with Crippen LogP contribution in [-0.2, 0) is 0 Å². The van der Waals surface area contributed by atoms with Crippen molar-refractivity contribution in [3.05, 3.63) is 0 Å². The normalized spacial score (nSPS) is 10.0. The third-order valence-corrected chi connectivity index (χ3v) is 2.02. The molecule has 11 heavy (non-hydrogen) atoms. The first-order chi connectivity index (χ1) is 5.41. The van der Waals surface area contributed by atoms with Gasteiger partial charge in [0.05, 0.1) is 0 Å². The van der Waals surface area contributed by atoms with Gasteiger partial charge >= 0.3 is 0 Å². The lowest BCUT2D eigenvalue weighted by atomic mass is 9.68. The Morgan fingerprint density at radius 3 is 2.00 bits per heavy atom. The lowest BCUT2D eigenvalue weighted by molar-refractivity contribution is 0.699. The van der Waals surface area contributed by atoms with Crippen LogP contribution < -0.4 is 0 Å². The molecule has 0 saturated carbocycles. The van der Waals surface area contributed by atoms with Gasteiger partial charge in [-0.1, -0.05) is 65.0 Å². The van der Waals surface area contributed by atoms with Gasteiger partial charge in [0, 0.05) is 0 Å². The van der Waals surface area contributed by atoms with Crippen molar-refractivity contribution in [2.75, 3.05) is 0 Å². The molecule has 0 atom stereocenters. The third-order valence-electron chi connectivity index (χ3n) is 2.02. The molecule has 0 unspecified atom stereocenters. The Hall–Kier alpha value is 0.0649. The van der Waals surface area contributed by atoms with Crippen molar-refractivity contribution in [2.24, 2.45) is 0 Å². The highest BCUT2D eigenvalue weighted by Gasteiger charge is 1.90. The molecule has 0 nitrogen and oxygen atoms in total. The Bertz CT molecular complexity index is 53.9. The zero-order valence-corrected chi connectivity index (χ0v) is 8.23. The summed E-state index contributed by atoms with van der Waals surface area (Å²) in [5, 5.41) is 0. The predicted molar refractivity (Wildman–Crippen MR) is 54.4 cm³/mol. The summed E-state index contributed by atoms with van der Waals surface area (Å²) in [7, 11) is 2.46. The van der Waals surface area contributed by atoms with Crippen molar-refractivity contribution in [2.45, 2.75) is 65.0 Å². The van der Waals surface area contributed by atoms with E-state index in [9.17, 15) is 0 Å². The molecule has 0 aromatic carbocycles. The molecule has 0 saturated heterocycles. The Labute approximate surface area is 73.0 Å². The van der Waals surface area contributed by atoms with Crippen LogP contribution >= 0.6 is 0 Å². The monoisotopic (exact) mass is 153 g/mol. The van der Waals surface area contributed by atoms with E-state index in [2.05, 4.69) is 21.1 Å². The molecule has 0 heterocycles. The smallest absolute Gasteiger partial charge is 0.0803 e. The molecule has 1 radical (unpaired) electrons. The predicted octanol–water partition coefficient (Wildman–Crippen LogP) is 3.91. The van der Waals surface area contributed by atoms with Crippen LogP contribution in [0.15, 0.2) is 0 Å². The minimum atomic E-state index is 1.34. The summed E-state index contributed by atoms with van der Waals surface area (Å²) in [4.78, 5) is 0. The van der Waals surface area contributed by atoms with Crippen molar-refractivity contribution >= 4 is 7.28 Å². The van der Waals surface area contributed by atoms with E-state index in [4.69, 9.17) is 0 Å². The van der Waals surface area contributed by atoms with E-state index in [-0.39, 0.29) is 0 Å². The topological polar surface area (TPSA) is 0 Å². The van der Waals surface area contributed by atoms with Crippen molar-refractivity contribution < 1.29 is 0 Å². The summed E-state index contributed by atoms with van der Waals surface area (Å²) in [5.41, 5.74) is 0. The molecule has 0 aliphatic rings. The van der Waals surface area contributed by atoms with Crippen LogP contribution in [0.5, 0.6) is 0 Å². The Kier molecular flexibility index (Phi) is 10.1. The van der Waals surface area contributed by atoms with Crippen LogP contribution in [0.2, 0.25) is 12.6 Å². The van der Waals surface area contributed by atoms with Gasteiger partial charge in [0.2, 0.25) is 0 Å². The quantitative estimate of drug-likeness (QED) is 0.366. The van der Waals surface area contributed by atoms with Gasteiger partial charge in [-0.15, -0.1) is 0 Å². The fourth-order valence-electron chi connectivity index (χ4n) is 1.21. The van der Waals surface area contributed by atoms with Crippen molar-refractivity contribution in [1.29, 1.82) is 0 Å².